The van der Waals surface area contributed by atoms with Crippen molar-refractivity contribution in [1.82, 2.24) is 9.62 Å². The molecule has 0 fully saturated rings. The molecular formula is C13H21FN2O3S. The Kier molecular flexibility index (Phi) is 6.54. The summed E-state index contributed by atoms with van der Waals surface area (Å²) >= 11 is 0. The van der Waals surface area contributed by atoms with Crippen LogP contribution in [-0.2, 0) is 21.3 Å². The SMILES string of the molecule is CNCc1ccc(F)cc1S(=O)(=O)N(C)CCCOC. The Morgan fingerprint density at radius 1 is 1.40 bits per heavy atom. The van der Waals surface area contributed by atoms with Crippen LogP contribution in [0.25, 0.3) is 0 Å². The van der Waals surface area contributed by atoms with Gasteiger partial charge in [-0.05, 0) is 31.2 Å². The Labute approximate surface area is 119 Å². The van der Waals surface area contributed by atoms with Gasteiger partial charge in [0.1, 0.15) is 5.82 Å². The minimum Gasteiger partial charge on any atom is -0.385 e. The molecule has 0 bridgehead atoms. The van der Waals surface area contributed by atoms with Crippen molar-refractivity contribution >= 4 is 10.0 Å². The number of methoxy groups -OCH3 is 1. The monoisotopic (exact) mass is 304 g/mol. The zero-order valence-electron chi connectivity index (χ0n) is 12.0. The van der Waals surface area contributed by atoms with Gasteiger partial charge < -0.3 is 10.1 Å². The van der Waals surface area contributed by atoms with Gasteiger partial charge in [-0.25, -0.2) is 17.1 Å². The number of benzene rings is 1. The van der Waals surface area contributed by atoms with Crippen LogP contribution in [0.1, 0.15) is 12.0 Å². The van der Waals surface area contributed by atoms with Gasteiger partial charge in [0, 0.05) is 33.9 Å². The zero-order chi connectivity index (χ0) is 15.2. The first-order chi connectivity index (χ1) is 9.43. The van der Waals surface area contributed by atoms with Gasteiger partial charge in [-0.3, -0.25) is 0 Å². The minimum atomic E-state index is -3.70. The Hall–Kier alpha value is -1.02. The van der Waals surface area contributed by atoms with Crippen LogP contribution in [0.4, 0.5) is 4.39 Å². The average Bonchev–Trinajstić information content (AvgIpc) is 2.41. The van der Waals surface area contributed by atoms with Crippen molar-refractivity contribution in [1.29, 1.82) is 0 Å². The molecule has 0 aromatic heterocycles. The first kappa shape index (κ1) is 17.0. The van der Waals surface area contributed by atoms with Gasteiger partial charge in [0.2, 0.25) is 10.0 Å². The summed E-state index contributed by atoms with van der Waals surface area (Å²) in [6, 6.07) is 3.81. The summed E-state index contributed by atoms with van der Waals surface area (Å²) in [5.74, 6) is -0.561. The van der Waals surface area contributed by atoms with Gasteiger partial charge in [0.05, 0.1) is 4.90 Å². The first-order valence-corrected chi connectivity index (χ1v) is 7.75. The zero-order valence-corrected chi connectivity index (χ0v) is 12.8. The van der Waals surface area contributed by atoms with Crippen LogP contribution in [0.5, 0.6) is 0 Å². The summed E-state index contributed by atoms with van der Waals surface area (Å²) in [5, 5.41) is 2.88. The van der Waals surface area contributed by atoms with Gasteiger partial charge in [-0.1, -0.05) is 6.07 Å². The fraction of sp³-hybridized carbons (Fsp3) is 0.538. The molecule has 0 aliphatic rings. The van der Waals surface area contributed by atoms with Gasteiger partial charge in [-0.2, -0.15) is 0 Å². The number of rotatable bonds is 8. The van der Waals surface area contributed by atoms with Crippen molar-refractivity contribution < 1.29 is 17.5 Å². The lowest BCUT2D eigenvalue weighted by molar-refractivity contribution is 0.189. The number of ether oxygens (including phenoxy) is 1. The van der Waals surface area contributed by atoms with Crippen LogP contribution < -0.4 is 5.32 Å². The lowest BCUT2D eigenvalue weighted by atomic mass is 10.2. The molecule has 0 aliphatic carbocycles. The Balaban J connectivity index is 3.04. The van der Waals surface area contributed by atoms with Crippen LogP contribution in [0.3, 0.4) is 0 Å². The first-order valence-electron chi connectivity index (χ1n) is 6.31. The van der Waals surface area contributed by atoms with E-state index in [0.29, 0.717) is 31.7 Å². The maximum absolute atomic E-state index is 13.4. The number of hydrogen-bond donors (Lipinski definition) is 1. The standard InChI is InChI=1S/C13H21FN2O3S/c1-15-10-11-5-6-12(14)9-13(11)20(17,18)16(2)7-4-8-19-3/h5-6,9,15H,4,7-8,10H2,1-3H3. The lowest BCUT2D eigenvalue weighted by Crippen LogP contribution is -2.30. The van der Waals surface area contributed by atoms with Crippen LogP contribution in [0, 0.1) is 5.82 Å². The number of sulfonamides is 1. The molecule has 0 atom stereocenters. The Bertz CT molecular complexity index is 534. The van der Waals surface area contributed by atoms with E-state index < -0.39 is 15.8 Å². The predicted molar refractivity (Wildman–Crippen MR) is 75.5 cm³/mol. The van der Waals surface area contributed by atoms with E-state index in [-0.39, 0.29) is 4.90 Å². The molecule has 1 rings (SSSR count). The highest BCUT2D eigenvalue weighted by atomic mass is 32.2. The molecule has 0 saturated heterocycles. The van der Waals surface area contributed by atoms with Crippen molar-refractivity contribution in [3.63, 3.8) is 0 Å². The highest BCUT2D eigenvalue weighted by molar-refractivity contribution is 7.89. The van der Waals surface area contributed by atoms with E-state index in [2.05, 4.69) is 5.32 Å². The molecule has 7 heteroatoms. The molecule has 5 nitrogen and oxygen atoms in total. The molecular weight excluding hydrogens is 283 g/mol. The molecule has 0 unspecified atom stereocenters. The number of hydrogen-bond acceptors (Lipinski definition) is 4. The maximum Gasteiger partial charge on any atom is 0.243 e. The summed E-state index contributed by atoms with van der Waals surface area (Å²) in [6.07, 6.45) is 0.586. The van der Waals surface area contributed by atoms with Crippen molar-refractivity contribution in [2.45, 2.75) is 17.9 Å². The number of nitrogens with one attached hydrogen (secondary N) is 1. The van der Waals surface area contributed by atoms with Gasteiger partial charge in [0.25, 0.3) is 0 Å². The highest BCUT2D eigenvalue weighted by Crippen LogP contribution is 2.21. The molecule has 0 amide bonds. The molecule has 20 heavy (non-hydrogen) atoms. The minimum absolute atomic E-state index is 0.00627. The highest BCUT2D eigenvalue weighted by Gasteiger charge is 2.24. The summed E-state index contributed by atoms with van der Waals surface area (Å²) in [5.41, 5.74) is 0.549. The summed E-state index contributed by atoms with van der Waals surface area (Å²) in [4.78, 5) is 0.00627. The second-order valence-electron chi connectivity index (χ2n) is 4.46. The Morgan fingerprint density at radius 3 is 2.70 bits per heavy atom. The molecule has 0 saturated carbocycles. The van der Waals surface area contributed by atoms with E-state index in [1.54, 1.807) is 14.2 Å². The molecule has 1 aromatic rings. The van der Waals surface area contributed by atoms with Crippen LogP contribution in [-0.4, -0.2) is 47.1 Å². The van der Waals surface area contributed by atoms with Gasteiger partial charge in [-0.15, -0.1) is 0 Å². The fourth-order valence-electron chi connectivity index (χ4n) is 1.82. The molecule has 0 spiro atoms. The van der Waals surface area contributed by atoms with Crippen molar-refractivity contribution in [2.75, 3.05) is 34.4 Å². The third-order valence-electron chi connectivity index (χ3n) is 2.91. The Morgan fingerprint density at radius 2 is 2.10 bits per heavy atom. The van der Waals surface area contributed by atoms with E-state index >= 15 is 0 Å². The number of halogens is 1. The van der Waals surface area contributed by atoms with E-state index in [0.717, 1.165) is 6.07 Å². The van der Waals surface area contributed by atoms with E-state index in [4.69, 9.17) is 4.74 Å². The molecule has 0 aliphatic heterocycles. The predicted octanol–water partition coefficient (Wildman–Crippen LogP) is 1.20. The summed E-state index contributed by atoms with van der Waals surface area (Å²) < 4.78 is 44.4. The smallest absolute Gasteiger partial charge is 0.243 e. The molecule has 114 valence electrons. The van der Waals surface area contributed by atoms with Crippen molar-refractivity contribution in [2.24, 2.45) is 0 Å². The quantitative estimate of drug-likeness (QED) is 0.733. The molecule has 1 aromatic carbocycles. The topological polar surface area (TPSA) is 58.6 Å². The van der Waals surface area contributed by atoms with E-state index in [9.17, 15) is 12.8 Å². The van der Waals surface area contributed by atoms with Gasteiger partial charge >= 0.3 is 0 Å². The summed E-state index contributed by atoms with van der Waals surface area (Å²) in [6.45, 7) is 1.17. The van der Waals surface area contributed by atoms with Gasteiger partial charge in [0.15, 0.2) is 0 Å². The normalized spacial score (nSPS) is 12.1. The van der Waals surface area contributed by atoms with Crippen molar-refractivity contribution in [3.8, 4) is 0 Å². The third kappa shape index (κ3) is 4.24. The third-order valence-corrected chi connectivity index (χ3v) is 4.85. The molecule has 0 radical (unpaired) electrons. The van der Waals surface area contributed by atoms with E-state index in [1.165, 1.54) is 23.5 Å². The second kappa shape index (κ2) is 7.68. The van der Waals surface area contributed by atoms with Crippen LogP contribution >= 0.6 is 0 Å². The number of nitrogens with zero attached hydrogens (tertiary/aromatic N) is 1. The summed E-state index contributed by atoms with van der Waals surface area (Å²) in [7, 11) is 1.06. The van der Waals surface area contributed by atoms with E-state index in [1.807, 2.05) is 0 Å². The average molecular weight is 304 g/mol. The van der Waals surface area contributed by atoms with Crippen LogP contribution in [0.15, 0.2) is 23.1 Å². The fourth-order valence-corrected chi connectivity index (χ4v) is 3.26. The maximum atomic E-state index is 13.4. The van der Waals surface area contributed by atoms with Crippen molar-refractivity contribution in [3.05, 3.63) is 29.6 Å². The molecule has 0 heterocycles. The second-order valence-corrected chi connectivity index (χ2v) is 6.47. The lowest BCUT2D eigenvalue weighted by Gasteiger charge is -2.19. The molecule has 1 N–H and O–H groups in total. The largest absolute Gasteiger partial charge is 0.385 e. The van der Waals surface area contributed by atoms with Crippen LogP contribution in [0.2, 0.25) is 0 Å².